The van der Waals surface area contributed by atoms with Crippen molar-refractivity contribution in [1.29, 1.82) is 0 Å². The van der Waals surface area contributed by atoms with E-state index in [9.17, 15) is 5.11 Å². The fraction of sp³-hybridized carbons (Fsp3) is 0.692. The summed E-state index contributed by atoms with van der Waals surface area (Å²) in [6.07, 6.45) is 0. The number of nitrogens with two attached hydrogens (primary N) is 1. The number of hydrogen-bond donors (Lipinski definition) is 2. The minimum Gasteiger partial charge on any atom is -0.394 e. The van der Waals surface area contributed by atoms with Crippen molar-refractivity contribution in [2.24, 2.45) is 0 Å². The van der Waals surface area contributed by atoms with Crippen molar-refractivity contribution < 1.29 is 5.11 Å². The van der Waals surface area contributed by atoms with Crippen molar-refractivity contribution >= 4 is 11.6 Å². The number of aliphatic hydroxyl groups excluding tert-OH is 1. The summed E-state index contributed by atoms with van der Waals surface area (Å²) >= 11 is 0. The van der Waals surface area contributed by atoms with Crippen molar-refractivity contribution in [1.82, 2.24) is 9.97 Å². The van der Waals surface area contributed by atoms with Gasteiger partial charge in [-0.15, -0.1) is 0 Å². The normalized spacial score (nSPS) is 13.5. The van der Waals surface area contributed by atoms with Gasteiger partial charge in [-0.05, 0) is 13.8 Å². The molecule has 1 aromatic heterocycles. The Morgan fingerprint density at radius 3 is 2.33 bits per heavy atom. The van der Waals surface area contributed by atoms with Gasteiger partial charge in [0.15, 0.2) is 0 Å². The molecule has 102 valence electrons. The molecular weight excluding hydrogens is 228 g/mol. The van der Waals surface area contributed by atoms with Crippen LogP contribution in [0.1, 0.15) is 39.1 Å². The average Bonchev–Trinajstić information content (AvgIpc) is 2.29. The van der Waals surface area contributed by atoms with E-state index < -0.39 is 0 Å². The van der Waals surface area contributed by atoms with Gasteiger partial charge in [0.2, 0.25) is 0 Å². The van der Waals surface area contributed by atoms with Crippen molar-refractivity contribution in [3.63, 3.8) is 0 Å². The summed E-state index contributed by atoms with van der Waals surface area (Å²) in [6.45, 7) is 10.1. The molecule has 1 rings (SSSR count). The standard InChI is InChI=1S/C13H24N4O/c1-8(7-18)17(6)11-9(2)10(14)15-12(16-11)13(3,4)5/h8,18H,7H2,1-6H3,(H2,14,15,16). The van der Waals surface area contributed by atoms with Gasteiger partial charge in [0.1, 0.15) is 17.5 Å². The summed E-state index contributed by atoms with van der Waals surface area (Å²) in [5.74, 6) is 2.01. The molecule has 0 aliphatic carbocycles. The van der Waals surface area contributed by atoms with Gasteiger partial charge in [0.05, 0.1) is 12.6 Å². The second kappa shape index (κ2) is 5.10. The zero-order valence-electron chi connectivity index (χ0n) is 12.2. The SMILES string of the molecule is Cc1c(N)nc(C(C)(C)C)nc1N(C)C(C)CO. The fourth-order valence-electron chi connectivity index (χ4n) is 1.53. The van der Waals surface area contributed by atoms with Gasteiger partial charge < -0.3 is 15.7 Å². The first kappa shape index (κ1) is 14.7. The Hall–Kier alpha value is -1.36. The van der Waals surface area contributed by atoms with E-state index in [1.807, 2.05) is 25.8 Å². The minimum absolute atomic E-state index is 0.00850. The zero-order valence-corrected chi connectivity index (χ0v) is 12.2. The number of aliphatic hydroxyl groups is 1. The molecule has 1 atom stereocenters. The molecule has 1 unspecified atom stereocenters. The summed E-state index contributed by atoms with van der Waals surface area (Å²) in [7, 11) is 1.90. The van der Waals surface area contributed by atoms with E-state index in [-0.39, 0.29) is 18.1 Å². The lowest BCUT2D eigenvalue weighted by Gasteiger charge is -2.28. The van der Waals surface area contributed by atoms with Gasteiger partial charge in [0.25, 0.3) is 0 Å². The van der Waals surface area contributed by atoms with E-state index in [4.69, 9.17) is 5.73 Å². The van der Waals surface area contributed by atoms with Crippen LogP contribution >= 0.6 is 0 Å². The van der Waals surface area contributed by atoms with Crippen LogP contribution in [-0.2, 0) is 5.41 Å². The molecule has 0 saturated carbocycles. The molecule has 0 bridgehead atoms. The average molecular weight is 252 g/mol. The number of aromatic nitrogens is 2. The van der Waals surface area contributed by atoms with Crippen LogP contribution in [-0.4, -0.2) is 34.8 Å². The molecule has 0 aliphatic rings. The number of nitrogens with zero attached hydrogens (tertiary/aromatic N) is 3. The lowest BCUT2D eigenvalue weighted by atomic mass is 9.95. The Bertz CT molecular complexity index is 426. The number of hydrogen-bond acceptors (Lipinski definition) is 5. The summed E-state index contributed by atoms with van der Waals surface area (Å²) in [6, 6.07) is -0.00850. The van der Waals surface area contributed by atoms with Gasteiger partial charge >= 0.3 is 0 Å². The molecular formula is C13H24N4O. The third kappa shape index (κ3) is 2.90. The Labute approximate surface area is 109 Å². The van der Waals surface area contributed by atoms with E-state index >= 15 is 0 Å². The molecule has 0 spiro atoms. The van der Waals surface area contributed by atoms with Gasteiger partial charge in [-0.3, -0.25) is 0 Å². The number of nitrogen functional groups attached to an aromatic ring is 1. The van der Waals surface area contributed by atoms with E-state index in [0.717, 1.165) is 17.2 Å². The largest absolute Gasteiger partial charge is 0.394 e. The summed E-state index contributed by atoms with van der Waals surface area (Å²) in [4.78, 5) is 10.9. The quantitative estimate of drug-likeness (QED) is 0.852. The van der Waals surface area contributed by atoms with Crippen LogP contribution < -0.4 is 10.6 Å². The first-order valence-electron chi connectivity index (χ1n) is 6.16. The number of anilines is 2. The second-order valence-corrected chi connectivity index (χ2v) is 5.77. The molecule has 5 nitrogen and oxygen atoms in total. The van der Waals surface area contributed by atoms with Crippen LogP contribution in [0.3, 0.4) is 0 Å². The Balaban J connectivity index is 3.31. The lowest BCUT2D eigenvalue weighted by Crippen LogP contribution is -2.34. The third-order valence-corrected chi connectivity index (χ3v) is 3.09. The predicted molar refractivity (Wildman–Crippen MR) is 74.8 cm³/mol. The van der Waals surface area contributed by atoms with Crippen LogP contribution in [0.2, 0.25) is 0 Å². The topological polar surface area (TPSA) is 75.3 Å². The van der Waals surface area contributed by atoms with E-state index in [1.54, 1.807) is 0 Å². The van der Waals surface area contributed by atoms with Crippen molar-refractivity contribution in [3.05, 3.63) is 11.4 Å². The molecule has 18 heavy (non-hydrogen) atoms. The monoisotopic (exact) mass is 252 g/mol. The van der Waals surface area contributed by atoms with Gasteiger partial charge in [-0.2, -0.15) is 0 Å². The highest BCUT2D eigenvalue weighted by Crippen LogP contribution is 2.27. The zero-order chi connectivity index (χ0) is 14.1. The molecule has 1 heterocycles. The summed E-state index contributed by atoms with van der Waals surface area (Å²) < 4.78 is 0. The van der Waals surface area contributed by atoms with Gasteiger partial charge in [0, 0.05) is 18.0 Å². The number of likely N-dealkylation sites (N-methyl/N-ethyl adjacent to an activating group) is 1. The first-order chi connectivity index (χ1) is 8.18. The third-order valence-electron chi connectivity index (χ3n) is 3.09. The molecule has 3 N–H and O–H groups in total. The highest BCUT2D eigenvalue weighted by atomic mass is 16.3. The predicted octanol–water partition coefficient (Wildman–Crippen LogP) is 1.48. The molecule has 5 heteroatoms. The van der Waals surface area contributed by atoms with Gasteiger partial charge in [-0.25, -0.2) is 9.97 Å². The molecule has 0 radical (unpaired) electrons. The maximum Gasteiger partial charge on any atom is 0.138 e. The van der Waals surface area contributed by atoms with E-state index in [0.29, 0.717) is 5.82 Å². The molecule has 0 aliphatic heterocycles. The van der Waals surface area contributed by atoms with Crippen molar-refractivity contribution in [2.75, 3.05) is 24.3 Å². The Kier molecular flexibility index (Phi) is 4.16. The summed E-state index contributed by atoms with van der Waals surface area (Å²) in [5, 5.41) is 9.24. The lowest BCUT2D eigenvalue weighted by molar-refractivity contribution is 0.269. The molecule has 1 aromatic rings. The maximum atomic E-state index is 9.24. The molecule has 0 aromatic carbocycles. The Morgan fingerprint density at radius 1 is 1.33 bits per heavy atom. The van der Waals surface area contributed by atoms with Crippen LogP contribution in [0.5, 0.6) is 0 Å². The van der Waals surface area contributed by atoms with Crippen LogP contribution in [0.4, 0.5) is 11.6 Å². The maximum absolute atomic E-state index is 9.24. The van der Waals surface area contributed by atoms with E-state index in [2.05, 4.69) is 30.7 Å². The summed E-state index contributed by atoms with van der Waals surface area (Å²) in [5.41, 5.74) is 6.66. The molecule has 0 amide bonds. The van der Waals surface area contributed by atoms with Crippen LogP contribution in [0, 0.1) is 6.92 Å². The van der Waals surface area contributed by atoms with E-state index in [1.165, 1.54) is 0 Å². The highest BCUT2D eigenvalue weighted by molar-refractivity contribution is 5.57. The highest BCUT2D eigenvalue weighted by Gasteiger charge is 2.22. The first-order valence-corrected chi connectivity index (χ1v) is 6.16. The number of rotatable bonds is 3. The molecule has 0 saturated heterocycles. The van der Waals surface area contributed by atoms with Crippen LogP contribution in [0.25, 0.3) is 0 Å². The smallest absolute Gasteiger partial charge is 0.138 e. The van der Waals surface area contributed by atoms with Gasteiger partial charge in [-0.1, -0.05) is 20.8 Å². The molecule has 0 fully saturated rings. The minimum atomic E-state index is -0.153. The van der Waals surface area contributed by atoms with Crippen molar-refractivity contribution in [2.45, 2.75) is 46.1 Å². The van der Waals surface area contributed by atoms with Crippen LogP contribution in [0.15, 0.2) is 0 Å². The van der Waals surface area contributed by atoms with Crippen molar-refractivity contribution in [3.8, 4) is 0 Å². The fourth-order valence-corrected chi connectivity index (χ4v) is 1.53. The Morgan fingerprint density at radius 2 is 1.89 bits per heavy atom. The second-order valence-electron chi connectivity index (χ2n) is 5.77.